The van der Waals surface area contributed by atoms with Gasteiger partial charge >= 0.3 is 0 Å². The van der Waals surface area contributed by atoms with E-state index in [9.17, 15) is 25.5 Å². The predicted molar refractivity (Wildman–Crippen MR) is 86.8 cm³/mol. The Morgan fingerprint density at radius 3 is 2.12 bits per heavy atom. The molecule has 126 valence electrons. The van der Waals surface area contributed by atoms with Gasteiger partial charge in [0.05, 0.1) is 6.10 Å². The quantitative estimate of drug-likeness (QED) is 0.433. The molecule has 2 aromatic rings. The Labute approximate surface area is 139 Å². The number of ether oxygens (including phenoxy) is 1. The Bertz CT molecular complexity index is 775. The summed E-state index contributed by atoms with van der Waals surface area (Å²) in [7, 11) is 1.42. The molecule has 0 amide bonds. The zero-order valence-corrected chi connectivity index (χ0v) is 13.0. The van der Waals surface area contributed by atoms with E-state index in [1.165, 1.54) is 37.4 Å². The number of hydrogen-bond donors (Lipinski definition) is 5. The number of aliphatic hydroxyl groups is 1. The molecular formula is C18H18O6. The van der Waals surface area contributed by atoms with Crippen LogP contribution in [0.3, 0.4) is 0 Å². The van der Waals surface area contributed by atoms with Crippen LogP contribution in [0.15, 0.2) is 36.4 Å². The maximum atomic E-state index is 10.2. The number of phenols is 4. The number of aliphatic hydroxyl groups excluding tert-OH is 1. The van der Waals surface area contributed by atoms with E-state index in [1.807, 2.05) is 0 Å². The lowest BCUT2D eigenvalue weighted by Gasteiger charge is -2.20. The second-order valence-corrected chi connectivity index (χ2v) is 5.18. The molecule has 0 radical (unpaired) electrons. The molecule has 2 aromatic carbocycles. The van der Waals surface area contributed by atoms with E-state index >= 15 is 0 Å². The van der Waals surface area contributed by atoms with Crippen molar-refractivity contribution in [3.05, 3.63) is 47.5 Å². The van der Waals surface area contributed by atoms with Gasteiger partial charge in [0, 0.05) is 19.1 Å². The van der Waals surface area contributed by atoms with E-state index in [0.29, 0.717) is 11.1 Å². The highest BCUT2D eigenvalue weighted by Crippen LogP contribution is 2.31. The molecule has 0 aliphatic heterocycles. The first kappa shape index (κ1) is 17.5. The van der Waals surface area contributed by atoms with Crippen molar-refractivity contribution < 1.29 is 30.3 Å². The molecule has 0 heterocycles. The zero-order chi connectivity index (χ0) is 17.7. The van der Waals surface area contributed by atoms with Crippen LogP contribution in [0.2, 0.25) is 0 Å². The average molecular weight is 330 g/mol. The summed E-state index contributed by atoms with van der Waals surface area (Å²) in [5.41, 5.74) is 0.998. The molecule has 24 heavy (non-hydrogen) atoms. The third-order valence-electron chi connectivity index (χ3n) is 3.45. The van der Waals surface area contributed by atoms with Crippen molar-refractivity contribution in [2.24, 2.45) is 0 Å². The van der Waals surface area contributed by atoms with Gasteiger partial charge in [0.25, 0.3) is 0 Å². The number of aromatic hydroxyl groups is 4. The highest BCUT2D eigenvalue weighted by molar-refractivity contribution is 5.46. The van der Waals surface area contributed by atoms with Gasteiger partial charge in [-0.15, -0.1) is 0 Å². The zero-order valence-electron chi connectivity index (χ0n) is 13.0. The molecule has 2 rings (SSSR count). The average Bonchev–Trinajstić information content (AvgIpc) is 2.55. The minimum atomic E-state index is -0.961. The lowest BCUT2D eigenvalue weighted by atomic mass is 10.0. The third kappa shape index (κ3) is 4.10. The number of phenolic OH excluding ortho intramolecular Hbond substituents is 4. The molecule has 6 heteroatoms. The number of hydrogen-bond acceptors (Lipinski definition) is 6. The van der Waals surface area contributed by atoms with Gasteiger partial charge in [0.1, 0.15) is 6.10 Å². The van der Waals surface area contributed by atoms with Crippen LogP contribution in [0.5, 0.6) is 23.0 Å². The maximum absolute atomic E-state index is 10.2. The van der Waals surface area contributed by atoms with E-state index in [-0.39, 0.29) is 29.4 Å². The fourth-order valence-corrected chi connectivity index (χ4v) is 2.20. The fraction of sp³-hybridized carbons (Fsp3) is 0.222. The van der Waals surface area contributed by atoms with E-state index in [2.05, 4.69) is 11.8 Å². The van der Waals surface area contributed by atoms with Crippen molar-refractivity contribution in [1.29, 1.82) is 0 Å². The van der Waals surface area contributed by atoms with Crippen molar-refractivity contribution in [3.63, 3.8) is 0 Å². The van der Waals surface area contributed by atoms with E-state index in [0.717, 1.165) is 0 Å². The van der Waals surface area contributed by atoms with Crippen LogP contribution in [0.25, 0.3) is 0 Å². The third-order valence-corrected chi connectivity index (χ3v) is 3.45. The minimum absolute atomic E-state index is 0.0851. The summed E-state index contributed by atoms with van der Waals surface area (Å²) in [5, 5.41) is 47.7. The summed E-state index contributed by atoms with van der Waals surface area (Å²) >= 11 is 0. The van der Waals surface area contributed by atoms with Gasteiger partial charge < -0.3 is 30.3 Å². The lowest BCUT2D eigenvalue weighted by Crippen LogP contribution is -2.19. The molecule has 0 aromatic heterocycles. The Kier molecular flexibility index (Phi) is 5.53. The monoisotopic (exact) mass is 330 g/mol. The summed E-state index contributed by atoms with van der Waals surface area (Å²) in [6.45, 7) is 0. The smallest absolute Gasteiger partial charge is 0.158 e. The van der Waals surface area contributed by atoms with Crippen molar-refractivity contribution in [3.8, 4) is 34.8 Å². The van der Waals surface area contributed by atoms with Crippen LogP contribution < -0.4 is 0 Å². The van der Waals surface area contributed by atoms with Crippen molar-refractivity contribution in [1.82, 2.24) is 0 Å². The van der Waals surface area contributed by atoms with Gasteiger partial charge in [0.15, 0.2) is 23.0 Å². The second-order valence-electron chi connectivity index (χ2n) is 5.18. The fourth-order valence-electron chi connectivity index (χ4n) is 2.20. The van der Waals surface area contributed by atoms with Gasteiger partial charge in [0.2, 0.25) is 0 Å². The molecule has 0 bridgehead atoms. The van der Waals surface area contributed by atoms with Gasteiger partial charge in [-0.3, -0.25) is 0 Å². The van der Waals surface area contributed by atoms with Crippen LogP contribution in [0.1, 0.15) is 23.7 Å². The highest BCUT2D eigenvalue weighted by Gasteiger charge is 2.21. The molecule has 5 N–H and O–H groups in total. The number of rotatable bonds is 4. The van der Waals surface area contributed by atoms with Gasteiger partial charge in [-0.1, -0.05) is 17.9 Å². The largest absolute Gasteiger partial charge is 0.504 e. The molecule has 0 unspecified atom stereocenters. The SMILES string of the molecule is CO[C@@H](c1ccc(O)c(O)c1)[C@H](O)CC#Cc1ccc(O)c(O)c1. The summed E-state index contributed by atoms with van der Waals surface area (Å²) in [6.07, 6.45) is -1.60. The Morgan fingerprint density at radius 2 is 1.54 bits per heavy atom. The van der Waals surface area contributed by atoms with Crippen molar-refractivity contribution in [2.45, 2.75) is 18.6 Å². The first-order chi connectivity index (χ1) is 11.4. The Balaban J connectivity index is 2.09. The first-order valence-corrected chi connectivity index (χ1v) is 7.16. The van der Waals surface area contributed by atoms with Crippen LogP contribution in [0, 0.1) is 11.8 Å². The summed E-state index contributed by atoms with van der Waals surface area (Å²) in [5.74, 6) is 4.49. The summed E-state index contributed by atoms with van der Waals surface area (Å²) in [4.78, 5) is 0. The van der Waals surface area contributed by atoms with Gasteiger partial charge in [-0.2, -0.15) is 0 Å². The van der Waals surface area contributed by atoms with E-state index in [4.69, 9.17) is 4.74 Å². The molecule has 0 aliphatic rings. The molecule has 0 fully saturated rings. The Hall–Kier alpha value is -2.88. The van der Waals surface area contributed by atoms with E-state index in [1.54, 1.807) is 6.07 Å². The highest BCUT2D eigenvalue weighted by atomic mass is 16.5. The number of benzene rings is 2. The van der Waals surface area contributed by atoms with Gasteiger partial charge in [-0.25, -0.2) is 0 Å². The Morgan fingerprint density at radius 1 is 0.917 bits per heavy atom. The first-order valence-electron chi connectivity index (χ1n) is 7.16. The van der Waals surface area contributed by atoms with Crippen LogP contribution in [0.4, 0.5) is 0 Å². The van der Waals surface area contributed by atoms with Crippen LogP contribution in [-0.4, -0.2) is 38.7 Å². The second kappa shape index (κ2) is 7.59. The van der Waals surface area contributed by atoms with Crippen molar-refractivity contribution >= 4 is 0 Å². The summed E-state index contributed by atoms with van der Waals surface area (Å²) in [6, 6.07) is 8.36. The van der Waals surface area contributed by atoms with Crippen LogP contribution in [-0.2, 0) is 4.74 Å². The molecule has 6 nitrogen and oxygen atoms in total. The molecular weight excluding hydrogens is 312 g/mol. The molecule has 0 saturated carbocycles. The van der Waals surface area contributed by atoms with Gasteiger partial charge in [-0.05, 0) is 35.9 Å². The molecule has 0 spiro atoms. The normalized spacial score (nSPS) is 12.9. The topological polar surface area (TPSA) is 110 Å². The van der Waals surface area contributed by atoms with Crippen molar-refractivity contribution in [2.75, 3.05) is 7.11 Å². The standard InChI is InChI=1S/C18H18O6/c1-24-18(12-6-8-14(20)17(23)10-12)15(21)4-2-3-11-5-7-13(19)16(22)9-11/h5-10,15,18-23H,4H2,1H3/t15-,18+/m1/s1. The predicted octanol–water partition coefficient (Wildman–Crippen LogP) is 2.00. The van der Waals surface area contributed by atoms with E-state index < -0.39 is 12.2 Å². The number of methoxy groups -OCH3 is 1. The minimum Gasteiger partial charge on any atom is -0.504 e. The maximum Gasteiger partial charge on any atom is 0.158 e. The molecule has 0 aliphatic carbocycles. The molecule has 2 atom stereocenters. The van der Waals surface area contributed by atoms with Crippen LogP contribution >= 0.6 is 0 Å². The molecule has 0 saturated heterocycles. The summed E-state index contributed by atoms with van der Waals surface area (Å²) < 4.78 is 5.25. The lowest BCUT2D eigenvalue weighted by molar-refractivity contribution is -0.0106.